The van der Waals surface area contributed by atoms with E-state index in [1.54, 1.807) is 32.2 Å². The van der Waals surface area contributed by atoms with E-state index in [2.05, 4.69) is 28.1 Å². The molecule has 1 aliphatic heterocycles. The van der Waals surface area contributed by atoms with E-state index >= 15 is 0 Å². The number of fused-ring (bicyclic) bond motifs is 1. The fourth-order valence-corrected chi connectivity index (χ4v) is 6.12. The quantitative estimate of drug-likeness (QED) is 0.469. The fraction of sp³-hybridized carbons (Fsp3) is 0.345. The van der Waals surface area contributed by atoms with Gasteiger partial charge in [-0.25, -0.2) is 4.98 Å². The Morgan fingerprint density at radius 1 is 1.18 bits per heavy atom. The molecule has 1 spiro atoms. The number of nitrogens with one attached hydrogen (secondary N) is 1. The fourth-order valence-electron chi connectivity index (χ4n) is 5.74. The standard InChI is InChI=1S/C29H29Cl2N5O2/c1-17-27(34-18(2)36(28(17)38)23-6-4-5-22(30)25(23)31)35-13-11-29(12-14-35)16-20-9-7-19(8-10-24(37)33-3)15-21(20)26(29)32/h4-7,9,15,26H,11-14,16,32H2,1-3H3,(H,33,37)/t26-/m1/s1. The third-order valence-corrected chi connectivity index (χ3v) is 8.72. The van der Waals surface area contributed by atoms with Gasteiger partial charge in [0.2, 0.25) is 0 Å². The number of rotatable bonds is 2. The van der Waals surface area contributed by atoms with E-state index in [9.17, 15) is 9.59 Å². The van der Waals surface area contributed by atoms with Crippen LogP contribution in [0.5, 0.6) is 0 Å². The lowest BCUT2D eigenvalue weighted by atomic mass is 9.73. The van der Waals surface area contributed by atoms with Crippen LogP contribution in [0.1, 0.15) is 47.0 Å². The van der Waals surface area contributed by atoms with Gasteiger partial charge in [0.25, 0.3) is 11.5 Å². The van der Waals surface area contributed by atoms with Crippen LogP contribution in [0.2, 0.25) is 10.0 Å². The van der Waals surface area contributed by atoms with Gasteiger partial charge in [-0.2, -0.15) is 0 Å². The normalized spacial score (nSPS) is 17.6. The van der Waals surface area contributed by atoms with Gasteiger partial charge in [-0.05, 0) is 73.9 Å². The maximum atomic E-state index is 13.5. The summed E-state index contributed by atoms with van der Waals surface area (Å²) in [6.07, 6.45) is 2.66. The number of amides is 1. The van der Waals surface area contributed by atoms with Gasteiger partial charge in [0.15, 0.2) is 0 Å². The van der Waals surface area contributed by atoms with Crippen LogP contribution in [-0.4, -0.2) is 35.6 Å². The molecule has 3 N–H and O–H groups in total. The molecule has 5 rings (SSSR count). The second-order valence-electron chi connectivity index (χ2n) is 10.1. The number of carbonyl (C=O) groups excluding carboxylic acids is 1. The molecular formula is C29H29Cl2N5O2. The number of aryl methyl sites for hydroxylation is 1. The predicted molar refractivity (Wildman–Crippen MR) is 151 cm³/mol. The zero-order valence-corrected chi connectivity index (χ0v) is 23.1. The molecule has 1 amide bonds. The SMILES string of the molecule is CNC(=O)C#Cc1ccc2c(c1)[C@@H](N)C1(CCN(c3nc(C)n(-c4cccc(Cl)c4Cl)c(=O)c3C)CC1)C2. The number of aromatic nitrogens is 2. The Morgan fingerprint density at radius 3 is 2.63 bits per heavy atom. The van der Waals surface area contributed by atoms with Crippen molar-refractivity contribution in [3.63, 3.8) is 0 Å². The number of hydrogen-bond acceptors (Lipinski definition) is 5. The van der Waals surface area contributed by atoms with E-state index < -0.39 is 0 Å². The van der Waals surface area contributed by atoms with Crippen LogP contribution in [-0.2, 0) is 11.2 Å². The van der Waals surface area contributed by atoms with Crippen LogP contribution in [0.25, 0.3) is 5.69 Å². The van der Waals surface area contributed by atoms with Crippen molar-refractivity contribution in [1.82, 2.24) is 14.9 Å². The average Bonchev–Trinajstić information content (AvgIpc) is 3.18. The van der Waals surface area contributed by atoms with Crippen molar-refractivity contribution in [2.24, 2.45) is 11.1 Å². The van der Waals surface area contributed by atoms with Gasteiger partial charge >= 0.3 is 0 Å². The van der Waals surface area contributed by atoms with Gasteiger partial charge in [-0.3, -0.25) is 14.2 Å². The number of hydrogen-bond donors (Lipinski definition) is 2. The van der Waals surface area contributed by atoms with Crippen LogP contribution in [0.15, 0.2) is 41.2 Å². The third kappa shape index (κ3) is 4.47. The highest BCUT2D eigenvalue weighted by atomic mass is 35.5. The Labute approximate surface area is 232 Å². The molecule has 2 aliphatic rings. The first kappa shape index (κ1) is 26.3. The molecule has 1 atom stereocenters. The second kappa shape index (κ2) is 10.1. The first-order valence-electron chi connectivity index (χ1n) is 12.6. The van der Waals surface area contributed by atoms with E-state index in [4.69, 9.17) is 33.9 Å². The minimum atomic E-state index is -0.318. The molecular weight excluding hydrogens is 521 g/mol. The van der Waals surface area contributed by atoms with Crippen molar-refractivity contribution in [2.45, 2.75) is 39.2 Å². The highest BCUT2D eigenvalue weighted by molar-refractivity contribution is 6.43. The Balaban J connectivity index is 1.38. The van der Waals surface area contributed by atoms with Gasteiger partial charge in [0, 0.05) is 37.7 Å². The first-order valence-corrected chi connectivity index (χ1v) is 13.3. The van der Waals surface area contributed by atoms with Crippen LogP contribution in [0.3, 0.4) is 0 Å². The Morgan fingerprint density at radius 2 is 1.92 bits per heavy atom. The molecule has 0 bridgehead atoms. The maximum Gasteiger partial charge on any atom is 0.295 e. The van der Waals surface area contributed by atoms with Crippen LogP contribution >= 0.6 is 23.2 Å². The monoisotopic (exact) mass is 549 g/mol. The summed E-state index contributed by atoms with van der Waals surface area (Å²) in [5.41, 5.74) is 10.8. The lowest BCUT2D eigenvalue weighted by molar-refractivity contribution is -0.115. The van der Waals surface area contributed by atoms with Crippen molar-refractivity contribution in [2.75, 3.05) is 25.0 Å². The van der Waals surface area contributed by atoms with Gasteiger partial charge in [0.1, 0.15) is 11.6 Å². The van der Waals surface area contributed by atoms with E-state index in [0.717, 1.165) is 43.5 Å². The largest absolute Gasteiger partial charge is 0.356 e. The summed E-state index contributed by atoms with van der Waals surface area (Å²) in [5, 5.41) is 3.22. The first-order chi connectivity index (χ1) is 18.1. The molecule has 3 aromatic rings. The highest BCUT2D eigenvalue weighted by Crippen LogP contribution is 2.51. The number of halogens is 2. The molecule has 0 radical (unpaired) electrons. The smallest absolute Gasteiger partial charge is 0.295 e. The van der Waals surface area contributed by atoms with Gasteiger partial charge < -0.3 is 16.0 Å². The predicted octanol–water partition coefficient (Wildman–Crippen LogP) is 4.10. The van der Waals surface area contributed by atoms with Crippen molar-refractivity contribution in [3.8, 4) is 17.5 Å². The molecule has 1 saturated heterocycles. The number of piperidine rings is 1. The molecule has 2 heterocycles. The molecule has 2 aromatic carbocycles. The molecule has 7 nitrogen and oxygen atoms in total. The molecule has 1 aliphatic carbocycles. The van der Waals surface area contributed by atoms with Gasteiger partial charge in [-0.15, -0.1) is 0 Å². The molecule has 1 aromatic heterocycles. The Bertz CT molecular complexity index is 1560. The Kier molecular flexibility index (Phi) is 6.99. The molecule has 1 fully saturated rings. The summed E-state index contributed by atoms with van der Waals surface area (Å²) in [6, 6.07) is 11.2. The lowest BCUT2D eigenvalue weighted by Gasteiger charge is -2.43. The zero-order chi connectivity index (χ0) is 27.2. The molecule has 9 heteroatoms. The summed E-state index contributed by atoms with van der Waals surface area (Å²) in [4.78, 5) is 32.0. The summed E-state index contributed by atoms with van der Waals surface area (Å²) < 4.78 is 1.52. The molecule has 0 unspecified atom stereocenters. The summed E-state index contributed by atoms with van der Waals surface area (Å²) in [5.74, 6) is 6.45. The van der Waals surface area contributed by atoms with Crippen LogP contribution in [0.4, 0.5) is 5.82 Å². The number of carbonyl (C=O) groups is 1. The average molecular weight is 550 g/mol. The minimum absolute atomic E-state index is 0.0576. The van der Waals surface area contributed by atoms with Gasteiger partial charge in [-0.1, -0.05) is 41.3 Å². The van der Waals surface area contributed by atoms with Crippen molar-refractivity contribution >= 4 is 34.9 Å². The van der Waals surface area contributed by atoms with E-state index in [1.807, 2.05) is 19.1 Å². The van der Waals surface area contributed by atoms with Crippen molar-refractivity contribution < 1.29 is 4.79 Å². The van der Waals surface area contributed by atoms with Crippen LogP contribution < -0.4 is 21.5 Å². The van der Waals surface area contributed by atoms with E-state index in [0.29, 0.717) is 32.9 Å². The molecule has 196 valence electrons. The Hall–Kier alpha value is -3.31. The zero-order valence-electron chi connectivity index (χ0n) is 21.6. The maximum absolute atomic E-state index is 13.5. The molecule has 38 heavy (non-hydrogen) atoms. The van der Waals surface area contributed by atoms with Crippen molar-refractivity contribution in [3.05, 3.63) is 84.9 Å². The minimum Gasteiger partial charge on any atom is -0.356 e. The van der Waals surface area contributed by atoms with E-state index in [-0.39, 0.29) is 22.9 Å². The number of nitrogens with two attached hydrogens (primary N) is 1. The molecule has 0 saturated carbocycles. The van der Waals surface area contributed by atoms with Gasteiger partial charge in [0.05, 0.1) is 21.3 Å². The summed E-state index contributed by atoms with van der Waals surface area (Å²) in [7, 11) is 1.56. The second-order valence-corrected chi connectivity index (χ2v) is 10.9. The highest BCUT2D eigenvalue weighted by Gasteiger charge is 2.46. The summed E-state index contributed by atoms with van der Waals surface area (Å²) in [6.45, 7) is 5.11. The van der Waals surface area contributed by atoms with E-state index in [1.165, 1.54) is 10.1 Å². The number of nitrogens with zero attached hydrogens (tertiary/aromatic N) is 3. The number of benzene rings is 2. The lowest BCUT2D eigenvalue weighted by Crippen LogP contribution is -2.45. The van der Waals surface area contributed by atoms with Crippen LogP contribution in [0, 0.1) is 31.1 Å². The summed E-state index contributed by atoms with van der Waals surface area (Å²) >= 11 is 12.6. The topological polar surface area (TPSA) is 93.2 Å². The van der Waals surface area contributed by atoms with Crippen molar-refractivity contribution in [1.29, 1.82) is 0 Å². The number of anilines is 1. The third-order valence-electron chi connectivity index (χ3n) is 7.91.